The van der Waals surface area contributed by atoms with Crippen molar-refractivity contribution < 1.29 is 9.53 Å². The minimum Gasteiger partial charge on any atom is -0.466 e. The molecule has 0 rings (SSSR count). The number of ether oxygens (including phenoxy) is 1. The van der Waals surface area contributed by atoms with E-state index in [0.717, 1.165) is 18.2 Å². The summed E-state index contributed by atoms with van der Waals surface area (Å²) in [7, 11) is 0. The molecule has 0 aliphatic carbocycles. The van der Waals surface area contributed by atoms with Gasteiger partial charge in [-0.3, -0.25) is 4.79 Å². The lowest BCUT2D eigenvalue weighted by Gasteiger charge is -2.19. The van der Waals surface area contributed by atoms with Crippen LogP contribution in [0.3, 0.4) is 0 Å². The van der Waals surface area contributed by atoms with E-state index in [-0.39, 0.29) is 5.97 Å². The molecule has 0 aliphatic rings. The summed E-state index contributed by atoms with van der Waals surface area (Å²) in [5, 5.41) is 1.03. The fourth-order valence-corrected chi connectivity index (χ4v) is 1.97. The highest BCUT2D eigenvalue weighted by Gasteiger charge is 2.13. The Kier molecular flexibility index (Phi) is 8.24. The summed E-state index contributed by atoms with van der Waals surface area (Å²) in [6.45, 7) is 6.83. The largest absolute Gasteiger partial charge is 0.466 e. The quantitative estimate of drug-likeness (QED) is 0.521. The van der Waals surface area contributed by atoms with Gasteiger partial charge in [0.1, 0.15) is 0 Å². The number of alkyl halides is 1. The highest BCUT2D eigenvalue weighted by atomic mass is 79.9. The molecule has 0 bridgehead atoms. The monoisotopic (exact) mass is 264 g/mol. The Morgan fingerprint density at radius 2 is 2.00 bits per heavy atom. The van der Waals surface area contributed by atoms with Gasteiger partial charge < -0.3 is 4.74 Å². The van der Waals surface area contributed by atoms with E-state index in [1.807, 2.05) is 6.92 Å². The van der Waals surface area contributed by atoms with Gasteiger partial charge in [-0.15, -0.1) is 0 Å². The summed E-state index contributed by atoms with van der Waals surface area (Å²) < 4.78 is 5.06. The zero-order valence-corrected chi connectivity index (χ0v) is 11.0. The summed E-state index contributed by atoms with van der Waals surface area (Å²) in [4.78, 5) is 10.9. The van der Waals surface area contributed by atoms with Gasteiger partial charge in [-0.05, 0) is 24.7 Å². The first-order valence-electron chi connectivity index (χ1n) is 5.33. The number of esters is 1. The van der Waals surface area contributed by atoms with Crippen molar-refractivity contribution in [3.05, 3.63) is 0 Å². The van der Waals surface area contributed by atoms with Gasteiger partial charge in [0.15, 0.2) is 0 Å². The van der Waals surface area contributed by atoms with Crippen LogP contribution in [-0.2, 0) is 9.53 Å². The lowest BCUT2D eigenvalue weighted by atomic mass is 9.90. The average molecular weight is 265 g/mol. The molecular formula is C11H21BrO2. The van der Waals surface area contributed by atoms with Crippen molar-refractivity contribution in [2.45, 2.75) is 40.0 Å². The molecule has 1 unspecified atom stereocenters. The van der Waals surface area contributed by atoms with Crippen LogP contribution in [-0.4, -0.2) is 17.9 Å². The minimum atomic E-state index is -0.0913. The van der Waals surface area contributed by atoms with Crippen LogP contribution >= 0.6 is 15.9 Å². The Morgan fingerprint density at radius 3 is 2.43 bits per heavy atom. The molecule has 3 heteroatoms. The summed E-state index contributed by atoms with van der Waals surface area (Å²) in [5.41, 5.74) is 0. The van der Waals surface area contributed by atoms with E-state index >= 15 is 0 Å². The van der Waals surface area contributed by atoms with Crippen molar-refractivity contribution in [1.82, 2.24) is 0 Å². The highest BCUT2D eigenvalue weighted by Crippen LogP contribution is 2.20. The fourth-order valence-electron chi connectivity index (χ4n) is 1.38. The van der Waals surface area contributed by atoms with Crippen LogP contribution in [0, 0.1) is 11.8 Å². The molecule has 0 aromatic rings. The van der Waals surface area contributed by atoms with Crippen molar-refractivity contribution in [2.75, 3.05) is 11.9 Å². The van der Waals surface area contributed by atoms with Gasteiger partial charge >= 0.3 is 5.97 Å². The number of rotatable bonds is 7. The fraction of sp³-hybridized carbons (Fsp3) is 0.909. The summed E-state index contributed by atoms with van der Waals surface area (Å²) in [6, 6.07) is 0. The minimum absolute atomic E-state index is 0.0913. The van der Waals surface area contributed by atoms with Crippen molar-refractivity contribution in [2.24, 2.45) is 11.8 Å². The molecular weight excluding hydrogens is 244 g/mol. The third kappa shape index (κ3) is 6.41. The number of carbonyl (C=O) groups is 1. The second-order valence-corrected chi connectivity index (χ2v) is 4.64. The van der Waals surface area contributed by atoms with Crippen LogP contribution in [0.25, 0.3) is 0 Å². The van der Waals surface area contributed by atoms with Crippen LogP contribution in [0.15, 0.2) is 0 Å². The molecule has 0 spiro atoms. The maximum atomic E-state index is 10.9. The molecule has 0 saturated carbocycles. The third-order valence-electron chi connectivity index (χ3n) is 2.46. The molecule has 0 N–H and O–H groups in total. The Balaban J connectivity index is 3.65. The Morgan fingerprint density at radius 1 is 1.36 bits per heavy atom. The lowest BCUT2D eigenvalue weighted by Crippen LogP contribution is -2.14. The zero-order valence-electron chi connectivity index (χ0n) is 9.38. The summed E-state index contributed by atoms with van der Waals surface area (Å²) in [5.74, 6) is 1.22. The Hall–Kier alpha value is -0.0500. The molecule has 0 fully saturated rings. The van der Waals surface area contributed by atoms with Gasteiger partial charge in [0.2, 0.25) is 0 Å². The summed E-state index contributed by atoms with van der Waals surface area (Å²) >= 11 is 3.45. The maximum Gasteiger partial charge on any atom is 0.305 e. The van der Waals surface area contributed by atoms with E-state index in [2.05, 4.69) is 29.8 Å². The molecule has 0 aliphatic heterocycles. The second-order valence-electron chi connectivity index (χ2n) is 3.84. The van der Waals surface area contributed by atoms with Gasteiger partial charge in [-0.25, -0.2) is 0 Å². The van der Waals surface area contributed by atoms with E-state index in [1.165, 1.54) is 0 Å². The van der Waals surface area contributed by atoms with Crippen molar-refractivity contribution >= 4 is 21.9 Å². The van der Waals surface area contributed by atoms with Crippen LogP contribution in [0.4, 0.5) is 0 Å². The number of halogens is 1. The lowest BCUT2D eigenvalue weighted by molar-refractivity contribution is -0.143. The van der Waals surface area contributed by atoms with Gasteiger partial charge in [0.25, 0.3) is 0 Å². The van der Waals surface area contributed by atoms with Crippen LogP contribution in [0.1, 0.15) is 40.0 Å². The smallest absolute Gasteiger partial charge is 0.305 e. The van der Waals surface area contributed by atoms with Crippen molar-refractivity contribution in [3.63, 3.8) is 0 Å². The van der Waals surface area contributed by atoms with E-state index in [1.54, 1.807) is 0 Å². The predicted molar refractivity (Wildman–Crippen MR) is 62.6 cm³/mol. The first kappa shape index (κ1) is 13.9. The van der Waals surface area contributed by atoms with E-state index in [0.29, 0.717) is 24.9 Å². The van der Waals surface area contributed by atoms with Gasteiger partial charge in [-0.1, -0.05) is 36.7 Å². The maximum absolute atomic E-state index is 10.9. The second kappa shape index (κ2) is 8.27. The molecule has 0 amide bonds. The predicted octanol–water partition coefficient (Wildman–Crippen LogP) is 3.39. The highest BCUT2D eigenvalue weighted by molar-refractivity contribution is 9.09. The molecule has 0 saturated heterocycles. The van der Waals surface area contributed by atoms with Gasteiger partial charge in [0, 0.05) is 11.8 Å². The third-order valence-corrected chi connectivity index (χ3v) is 2.92. The van der Waals surface area contributed by atoms with E-state index < -0.39 is 0 Å². The number of hydrogen-bond donors (Lipinski definition) is 0. The van der Waals surface area contributed by atoms with Crippen molar-refractivity contribution in [1.29, 1.82) is 0 Å². The van der Waals surface area contributed by atoms with Gasteiger partial charge in [-0.2, -0.15) is 0 Å². The standard InChI is InChI=1S/C11H21BrO2/c1-4-11(13)14-8-6-10(5-7-12)9(2)3/h9-10H,4-8H2,1-3H3. The molecule has 0 radical (unpaired) electrons. The first-order valence-corrected chi connectivity index (χ1v) is 6.45. The topological polar surface area (TPSA) is 26.3 Å². The van der Waals surface area contributed by atoms with Crippen LogP contribution in [0.5, 0.6) is 0 Å². The molecule has 0 aromatic carbocycles. The Labute approximate surface area is 95.5 Å². The number of hydrogen-bond acceptors (Lipinski definition) is 2. The number of carbonyl (C=O) groups excluding carboxylic acids is 1. The van der Waals surface area contributed by atoms with Crippen LogP contribution < -0.4 is 0 Å². The molecule has 84 valence electrons. The zero-order chi connectivity index (χ0) is 11.0. The molecule has 0 aromatic heterocycles. The first-order chi connectivity index (χ1) is 6.61. The molecule has 0 heterocycles. The Bertz CT molecular complexity index is 157. The molecule has 14 heavy (non-hydrogen) atoms. The average Bonchev–Trinajstić information content (AvgIpc) is 2.16. The molecule has 2 nitrogen and oxygen atoms in total. The summed E-state index contributed by atoms with van der Waals surface area (Å²) in [6.07, 6.45) is 2.61. The van der Waals surface area contributed by atoms with Gasteiger partial charge in [0.05, 0.1) is 6.61 Å². The van der Waals surface area contributed by atoms with E-state index in [4.69, 9.17) is 4.74 Å². The van der Waals surface area contributed by atoms with Crippen molar-refractivity contribution in [3.8, 4) is 0 Å². The van der Waals surface area contributed by atoms with Crippen LogP contribution in [0.2, 0.25) is 0 Å². The SMILES string of the molecule is CCC(=O)OCCC(CCBr)C(C)C. The van der Waals surface area contributed by atoms with E-state index in [9.17, 15) is 4.79 Å². The normalized spacial score (nSPS) is 12.9. The molecule has 1 atom stereocenters.